The number of thiazole rings is 1. The van der Waals surface area contributed by atoms with Gasteiger partial charge in [-0.2, -0.15) is 0 Å². The number of anilines is 1. The molecule has 6 nitrogen and oxygen atoms in total. The topological polar surface area (TPSA) is 64.4 Å². The van der Waals surface area contributed by atoms with E-state index in [0.717, 1.165) is 27.1 Å². The summed E-state index contributed by atoms with van der Waals surface area (Å²) in [6, 6.07) is 17.2. The van der Waals surface area contributed by atoms with Gasteiger partial charge in [-0.25, -0.2) is 4.98 Å². The monoisotopic (exact) mass is 431 g/mol. The lowest BCUT2D eigenvalue weighted by atomic mass is 10.1. The second-order valence-electron chi connectivity index (χ2n) is 7.57. The van der Waals surface area contributed by atoms with Crippen molar-refractivity contribution in [1.29, 1.82) is 0 Å². The first-order valence-electron chi connectivity index (χ1n) is 10.1. The highest BCUT2D eigenvalue weighted by Crippen LogP contribution is 2.34. The number of pyridine rings is 1. The minimum atomic E-state index is -0.0928. The third-order valence-electron chi connectivity index (χ3n) is 5.74. The fraction of sp³-hybridized carbons (Fsp3) is 0.208. The van der Waals surface area contributed by atoms with Crippen LogP contribution < -0.4 is 15.2 Å². The highest BCUT2D eigenvalue weighted by Gasteiger charge is 2.33. The van der Waals surface area contributed by atoms with Gasteiger partial charge in [-0.3, -0.25) is 14.5 Å². The van der Waals surface area contributed by atoms with Gasteiger partial charge in [0.05, 0.1) is 29.4 Å². The zero-order valence-electron chi connectivity index (χ0n) is 17.3. The Labute approximate surface area is 183 Å². The Balaban J connectivity index is 1.43. The molecule has 0 N–H and O–H groups in total. The first-order chi connectivity index (χ1) is 15.0. The van der Waals surface area contributed by atoms with E-state index in [1.807, 2.05) is 55.5 Å². The molecule has 0 aliphatic carbocycles. The van der Waals surface area contributed by atoms with Crippen molar-refractivity contribution in [3.8, 4) is 5.75 Å². The van der Waals surface area contributed by atoms with E-state index < -0.39 is 0 Å². The highest BCUT2D eigenvalue weighted by atomic mass is 32.1. The van der Waals surface area contributed by atoms with E-state index in [9.17, 15) is 9.59 Å². The molecule has 1 amide bonds. The van der Waals surface area contributed by atoms with Crippen LogP contribution in [-0.2, 0) is 19.5 Å². The molecule has 0 fully saturated rings. The Morgan fingerprint density at radius 1 is 1.10 bits per heavy atom. The van der Waals surface area contributed by atoms with Crippen LogP contribution in [0.5, 0.6) is 5.75 Å². The maximum Gasteiger partial charge on any atom is 0.262 e. The SMILES string of the molecule is COc1ccc(CCn2c(C)c3c(cc2=O)CN(c2nc4ccccc4s2)C3=O)cc1. The lowest BCUT2D eigenvalue weighted by Crippen LogP contribution is -2.26. The molecule has 3 heterocycles. The van der Waals surface area contributed by atoms with Crippen molar-refractivity contribution in [2.45, 2.75) is 26.4 Å². The number of hydrogen-bond donors (Lipinski definition) is 0. The molecule has 2 aromatic heterocycles. The number of aryl methyl sites for hydroxylation is 1. The van der Waals surface area contributed by atoms with Gasteiger partial charge in [0.2, 0.25) is 0 Å². The van der Waals surface area contributed by atoms with E-state index in [0.29, 0.717) is 35.9 Å². The average Bonchev–Trinajstić information content (AvgIpc) is 3.34. The summed E-state index contributed by atoms with van der Waals surface area (Å²) in [6.07, 6.45) is 0.694. The van der Waals surface area contributed by atoms with Crippen molar-refractivity contribution in [3.63, 3.8) is 0 Å². The number of benzene rings is 2. The van der Waals surface area contributed by atoms with Crippen LogP contribution in [0.2, 0.25) is 0 Å². The van der Waals surface area contributed by atoms with Crippen molar-refractivity contribution in [2.24, 2.45) is 0 Å². The molecule has 0 bridgehead atoms. The highest BCUT2D eigenvalue weighted by molar-refractivity contribution is 7.22. The van der Waals surface area contributed by atoms with Gasteiger partial charge in [-0.1, -0.05) is 35.6 Å². The fourth-order valence-corrected chi connectivity index (χ4v) is 5.03. The summed E-state index contributed by atoms with van der Waals surface area (Å²) in [7, 11) is 1.64. The van der Waals surface area contributed by atoms with Crippen molar-refractivity contribution < 1.29 is 9.53 Å². The second-order valence-corrected chi connectivity index (χ2v) is 8.58. The van der Waals surface area contributed by atoms with Crippen LogP contribution in [0.25, 0.3) is 10.2 Å². The first-order valence-corrected chi connectivity index (χ1v) is 10.9. The minimum Gasteiger partial charge on any atom is -0.497 e. The lowest BCUT2D eigenvalue weighted by molar-refractivity contribution is 0.0995. The summed E-state index contributed by atoms with van der Waals surface area (Å²) in [6.45, 7) is 2.75. The first kappa shape index (κ1) is 19.5. The van der Waals surface area contributed by atoms with Crippen LogP contribution in [-0.4, -0.2) is 22.6 Å². The van der Waals surface area contributed by atoms with Crippen molar-refractivity contribution >= 4 is 32.6 Å². The molecule has 0 radical (unpaired) electrons. The van der Waals surface area contributed by atoms with Gasteiger partial charge < -0.3 is 9.30 Å². The summed E-state index contributed by atoms with van der Waals surface area (Å²) in [5.74, 6) is 0.708. The molecule has 1 aliphatic rings. The number of fused-ring (bicyclic) bond motifs is 2. The number of carbonyl (C=O) groups excluding carboxylic acids is 1. The second kappa shape index (κ2) is 7.67. The third-order valence-corrected chi connectivity index (χ3v) is 6.80. The molecular formula is C24H21N3O3S. The van der Waals surface area contributed by atoms with Crippen molar-refractivity contribution in [2.75, 3.05) is 12.0 Å². The molecule has 0 saturated heterocycles. The van der Waals surface area contributed by atoms with E-state index in [-0.39, 0.29) is 11.5 Å². The zero-order chi connectivity index (χ0) is 21.5. The molecule has 0 spiro atoms. The van der Waals surface area contributed by atoms with Crippen LogP contribution >= 0.6 is 11.3 Å². The van der Waals surface area contributed by atoms with Crippen LogP contribution in [0, 0.1) is 6.92 Å². The quantitative estimate of drug-likeness (QED) is 0.476. The number of para-hydroxylation sites is 1. The average molecular weight is 432 g/mol. The van der Waals surface area contributed by atoms with Crippen LogP contribution in [0.4, 0.5) is 5.13 Å². The van der Waals surface area contributed by atoms with Gasteiger partial charge >= 0.3 is 0 Å². The van der Waals surface area contributed by atoms with Crippen molar-refractivity contribution in [3.05, 3.63) is 87.3 Å². The third kappa shape index (κ3) is 3.41. The maximum atomic E-state index is 13.3. The van der Waals surface area contributed by atoms with E-state index in [1.165, 1.54) is 11.3 Å². The van der Waals surface area contributed by atoms with E-state index in [2.05, 4.69) is 4.98 Å². The summed E-state index contributed by atoms with van der Waals surface area (Å²) in [5, 5.41) is 0.666. The number of methoxy groups -OCH3 is 1. The van der Waals surface area contributed by atoms with E-state index >= 15 is 0 Å². The molecule has 0 unspecified atom stereocenters. The number of nitrogens with zero attached hydrogens (tertiary/aromatic N) is 3. The van der Waals surface area contributed by atoms with Crippen molar-refractivity contribution in [1.82, 2.24) is 9.55 Å². The smallest absolute Gasteiger partial charge is 0.262 e. The minimum absolute atomic E-state index is 0.0799. The number of rotatable bonds is 5. The van der Waals surface area contributed by atoms with Crippen LogP contribution in [0.15, 0.2) is 59.4 Å². The van der Waals surface area contributed by atoms with Crippen LogP contribution in [0.3, 0.4) is 0 Å². The number of ether oxygens (including phenoxy) is 1. The number of hydrogen-bond acceptors (Lipinski definition) is 5. The molecule has 4 aromatic rings. The Morgan fingerprint density at radius 3 is 2.61 bits per heavy atom. The van der Waals surface area contributed by atoms with Gasteiger partial charge in [0, 0.05) is 18.3 Å². The predicted octanol–water partition coefficient (Wildman–Crippen LogP) is 4.18. The predicted molar refractivity (Wildman–Crippen MR) is 122 cm³/mol. The lowest BCUT2D eigenvalue weighted by Gasteiger charge is -2.13. The van der Waals surface area contributed by atoms with Gasteiger partial charge in [-0.15, -0.1) is 0 Å². The molecule has 0 saturated carbocycles. The molecule has 156 valence electrons. The summed E-state index contributed by atoms with van der Waals surface area (Å²) < 4.78 is 7.93. The summed E-state index contributed by atoms with van der Waals surface area (Å²) in [4.78, 5) is 32.4. The largest absolute Gasteiger partial charge is 0.497 e. The Hall–Kier alpha value is -3.45. The summed E-state index contributed by atoms with van der Waals surface area (Å²) in [5.41, 5.74) is 4.01. The molecule has 7 heteroatoms. The fourth-order valence-electron chi connectivity index (χ4n) is 4.07. The number of amides is 1. The van der Waals surface area contributed by atoms with E-state index in [1.54, 1.807) is 22.6 Å². The molecular weight excluding hydrogens is 410 g/mol. The number of aromatic nitrogens is 2. The van der Waals surface area contributed by atoms with Crippen LogP contribution in [0.1, 0.15) is 27.2 Å². The number of carbonyl (C=O) groups is 1. The normalized spacial score (nSPS) is 13.1. The Morgan fingerprint density at radius 2 is 1.87 bits per heavy atom. The Kier molecular flexibility index (Phi) is 4.82. The Bertz CT molecular complexity index is 1320. The van der Waals surface area contributed by atoms with Gasteiger partial charge in [-0.05, 0) is 48.7 Å². The summed E-state index contributed by atoms with van der Waals surface area (Å²) >= 11 is 1.49. The molecule has 0 atom stereocenters. The maximum absolute atomic E-state index is 13.3. The van der Waals surface area contributed by atoms with E-state index in [4.69, 9.17) is 4.74 Å². The van der Waals surface area contributed by atoms with Gasteiger partial charge in [0.25, 0.3) is 11.5 Å². The molecule has 1 aliphatic heterocycles. The standard InChI is InChI=1S/C24H21N3O3S/c1-15-22-17(13-21(28)26(15)12-11-16-7-9-18(30-2)10-8-16)14-27(23(22)29)24-25-19-5-3-4-6-20(19)31-24/h3-10,13H,11-12,14H2,1-2H3. The van der Waals surface area contributed by atoms with Gasteiger partial charge in [0.15, 0.2) is 5.13 Å². The van der Waals surface area contributed by atoms with Gasteiger partial charge in [0.1, 0.15) is 5.75 Å². The molecule has 5 rings (SSSR count). The zero-order valence-corrected chi connectivity index (χ0v) is 18.1. The molecule has 31 heavy (non-hydrogen) atoms. The molecule has 2 aromatic carbocycles.